The third-order valence-electron chi connectivity index (χ3n) is 3.09. The Morgan fingerprint density at radius 1 is 1.38 bits per heavy atom. The van der Waals surface area contributed by atoms with Crippen molar-refractivity contribution >= 4 is 23.3 Å². The Kier molecular flexibility index (Phi) is 1.58. The molecule has 0 bridgehead atoms. The molecule has 1 amide bonds. The minimum atomic E-state index is -1.04. The minimum absolute atomic E-state index is 0.119. The van der Waals surface area contributed by atoms with Gasteiger partial charge in [0.15, 0.2) is 0 Å². The summed E-state index contributed by atoms with van der Waals surface area (Å²) in [5.41, 5.74) is 0.702. The topological polar surface area (TPSA) is 78.4 Å². The van der Waals surface area contributed by atoms with E-state index in [9.17, 15) is 9.59 Å². The number of benzene rings is 1. The molecule has 0 radical (unpaired) electrons. The van der Waals surface area contributed by atoms with Gasteiger partial charge in [-0.05, 0) is 25.0 Å². The van der Waals surface area contributed by atoms with Crippen LogP contribution in [0.25, 0.3) is 0 Å². The van der Waals surface area contributed by atoms with Gasteiger partial charge in [0.2, 0.25) is 5.91 Å². The van der Waals surface area contributed by atoms with Crippen molar-refractivity contribution in [3.8, 4) is 0 Å². The van der Waals surface area contributed by atoms with Gasteiger partial charge in [-0.3, -0.25) is 4.79 Å². The lowest BCUT2D eigenvalue weighted by Gasteiger charge is -2.27. The van der Waals surface area contributed by atoms with Crippen molar-refractivity contribution in [3.05, 3.63) is 23.8 Å². The Labute approximate surface area is 91.5 Å². The van der Waals surface area contributed by atoms with Crippen molar-refractivity contribution in [1.29, 1.82) is 0 Å². The van der Waals surface area contributed by atoms with E-state index in [1.54, 1.807) is 12.1 Å². The second kappa shape index (κ2) is 2.75. The average Bonchev–Trinajstić information content (AvgIpc) is 3.00. The third-order valence-corrected chi connectivity index (χ3v) is 3.09. The van der Waals surface area contributed by atoms with Gasteiger partial charge in [0.1, 0.15) is 5.54 Å². The molecule has 1 heterocycles. The predicted molar refractivity (Wildman–Crippen MR) is 57.6 cm³/mol. The maximum atomic E-state index is 11.7. The molecule has 1 saturated carbocycles. The number of rotatable bonds is 1. The van der Waals surface area contributed by atoms with Crippen molar-refractivity contribution in [2.45, 2.75) is 18.4 Å². The van der Waals surface area contributed by atoms with Crippen LogP contribution in [0.5, 0.6) is 0 Å². The number of hydrogen-bond donors (Lipinski definition) is 3. The summed E-state index contributed by atoms with van der Waals surface area (Å²) in [5, 5.41) is 14.8. The summed E-state index contributed by atoms with van der Waals surface area (Å²) in [6, 6.07) is 4.93. The van der Waals surface area contributed by atoms with Gasteiger partial charge >= 0.3 is 5.97 Å². The van der Waals surface area contributed by atoms with E-state index in [-0.39, 0.29) is 11.5 Å². The summed E-state index contributed by atoms with van der Waals surface area (Å²) < 4.78 is 0. The van der Waals surface area contributed by atoms with Crippen LogP contribution in [0, 0.1) is 0 Å². The lowest BCUT2D eigenvalue weighted by molar-refractivity contribution is -0.117. The summed E-state index contributed by atoms with van der Waals surface area (Å²) in [6.07, 6.45) is 1.60. The molecule has 3 rings (SSSR count). The molecule has 16 heavy (non-hydrogen) atoms. The fourth-order valence-electron chi connectivity index (χ4n) is 1.99. The lowest BCUT2D eigenvalue weighted by Crippen LogP contribution is -2.41. The Morgan fingerprint density at radius 2 is 2.12 bits per heavy atom. The molecule has 1 fully saturated rings. The molecule has 5 nitrogen and oxygen atoms in total. The Balaban J connectivity index is 2.11. The Morgan fingerprint density at radius 3 is 2.75 bits per heavy atom. The number of aromatic carboxylic acids is 1. The summed E-state index contributed by atoms with van der Waals surface area (Å²) >= 11 is 0. The van der Waals surface area contributed by atoms with E-state index in [2.05, 4.69) is 10.6 Å². The maximum absolute atomic E-state index is 11.7. The average molecular weight is 218 g/mol. The first kappa shape index (κ1) is 9.21. The van der Waals surface area contributed by atoms with Crippen LogP contribution >= 0.6 is 0 Å². The van der Waals surface area contributed by atoms with Gasteiger partial charge in [-0.25, -0.2) is 4.79 Å². The molecule has 1 aromatic carbocycles. The van der Waals surface area contributed by atoms with E-state index in [4.69, 9.17) is 5.11 Å². The highest BCUT2D eigenvalue weighted by atomic mass is 16.4. The fourth-order valence-corrected chi connectivity index (χ4v) is 1.99. The first-order valence-electron chi connectivity index (χ1n) is 5.08. The highest BCUT2D eigenvalue weighted by Gasteiger charge is 2.52. The molecule has 3 N–H and O–H groups in total. The molecule has 0 atom stereocenters. The molecule has 0 unspecified atom stereocenters. The largest absolute Gasteiger partial charge is 0.478 e. The van der Waals surface area contributed by atoms with E-state index < -0.39 is 11.5 Å². The molecule has 0 saturated heterocycles. The molecular formula is C11H10N2O3. The van der Waals surface area contributed by atoms with Crippen molar-refractivity contribution in [2.75, 3.05) is 10.6 Å². The Hall–Kier alpha value is -2.04. The molecule has 0 aromatic heterocycles. The van der Waals surface area contributed by atoms with Crippen molar-refractivity contribution in [1.82, 2.24) is 0 Å². The number of para-hydroxylation sites is 1. The van der Waals surface area contributed by atoms with E-state index in [0.717, 1.165) is 12.8 Å². The molecular weight excluding hydrogens is 208 g/mol. The van der Waals surface area contributed by atoms with Gasteiger partial charge in [0, 0.05) is 0 Å². The molecule has 1 aliphatic carbocycles. The fraction of sp³-hybridized carbons (Fsp3) is 0.273. The number of fused-ring (bicyclic) bond motifs is 1. The van der Waals surface area contributed by atoms with Crippen LogP contribution in [0.3, 0.4) is 0 Å². The number of carbonyl (C=O) groups is 2. The number of anilines is 2. The van der Waals surface area contributed by atoms with Crippen LogP contribution in [0.4, 0.5) is 11.4 Å². The number of carbonyl (C=O) groups excluding carboxylic acids is 1. The van der Waals surface area contributed by atoms with Crippen molar-refractivity contribution in [2.24, 2.45) is 0 Å². The normalized spacial score (nSPS) is 19.6. The SMILES string of the molecule is O=C(O)c1cccc2c1NC(=O)C1(CC1)N2. The standard InChI is InChI=1S/C11H10N2O3/c14-9(15)6-2-1-3-7-8(6)12-10(16)11(13-7)4-5-11/h1-3,13H,4-5H2,(H,12,16)(H,14,15). The molecule has 82 valence electrons. The van der Waals surface area contributed by atoms with Crippen molar-refractivity contribution < 1.29 is 14.7 Å². The first-order valence-corrected chi connectivity index (χ1v) is 5.08. The van der Waals surface area contributed by atoms with Gasteiger partial charge in [0.25, 0.3) is 0 Å². The zero-order chi connectivity index (χ0) is 11.3. The van der Waals surface area contributed by atoms with Crippen LogP contribution in [0.2, 0.25) is 0 Å². The molecule has 5 heteroatoms. The van der Waals surface area contributed by atoms with E-state index in [1.807, 2.05) is 0 Å². The van der Waals surface area contributed by atoms with Gasteiger partial charge in [-0.1, -0.05) is 6.07 Å². The molecule has 1 aliphatic heterocycles. The van der Waals surface area contributed by atoms with Gasteiger partial charge in [-0.2, -0.15) is 0 Å². The summed E-state index contributed by atoms with van der Waals surface area (Å²) in [4.78, 5) is 22.7. The number of nitrogens with one attached hydrogen (secondary N) is 2. The number of carboxylic acids is 1. The van der Waals surface area contributed by atoms with E-state index in [0.29, 0.717) is 11.4 Å². The monoisotopic (exact) mass is 218 g/mol. The minimum Gasteiger partial charge on any atom is -0.478 e. The summed E-state index contributed by atoms with van der Waals surface area (Å²) in [7, 11) is 0. The highest BCUT2D eigenvalue weighted by Crippen LogP contribution is 2.45. The zero-order valence-electron chi connectivity index (χ0n) is 8.41. The summed E-state index contributed by atoms with van der Waals surface area (Å²) in [5.74, 6) is -1.17. The predicted octanol–water partition coefficient (Wildman–Crippen LogP) is 1.28. The van der Waals surface area contributed by atoms with Gasteiger partial charge in [0.05, 0.1) is 16.9 Å². The van der Waals surface area contributed by atoms with Crippen LogP contribution in [-0.4, -0.2) is 22.5 Å². The third kappa shape index (κ3) is 1.11. The molecule has 1 aromatic rings. The lowest BCUT2D eigenvalue weighted by atomic mass is 10.1. The second-order valence-corrected chi connectivity index (χ2v) is 4.19. The number of hydrogen-bond acceptors (Lipinski definition) is 3. The van der Waals surface area contributed by atoms with Crippen LogP contribution in [0.15, 0.2) is 18.2 Å². The maximum Gasteiger partial charge on any atom is 0.337 e. The first-order chi connectivity index (χ1) is 7.62. The van der Waals surface area contributed by atoms with Gasteiger partial charge in [-0.15, -0.1) is 0 Å². The molecule has 2 aliphatic rings. The quantitative estimate of drug-likeness (QED) is 0.663. The second-order valence-electron chi connectivity index (χ2n) is 4.19. The highest BCUT2D eigenvalue weighted by molar-refractivity contribution is 6.12. The zero-order valence-corrected chi connectivity index (χ0v) is 8.41. The summed E-state index contributed by atoms with van der Waals surface area (Å²) in [6.45, 7) is 0. The van der Waals surface area contributed by atoms with Crippen molar-refractivity contribution in [3.63, 3.8) is 0 Å². The number of carboxylic acid groups (broad SMARTS) is 1. The van der Waals surface area contributed by atoms with E-state index >= 15 is 0 Å². The van der Waals surface area contributed by atoms with Crippen LogP contribution in [-0.2, 0) is 4.79 Å². The van der Waals surface area contributed by atoms with Crippen LogP contribution in [0.1, 0.15) is 23.2 Å². The Bertz CT molecular complexity index is 506. The molecule has 1 spiro atoms. The van der Waals surface area contributed by atoms with Crippen LogP contribution < -0.4 is 10.6 Å². The number of amides is 1. The van der Waals surface area contributed by atoms with Gasteiger partial charge < -0.3 is 15.7 Å². The smallest absolute Gasteiger partial charge is 0.337 e. The van der Waals surface area contributed by atoms with E-state index in [1.165, 1.54) is 6.07 Å².